The van der Waals surface area contributed by atoms with Crippen LogP contribution in [-0.2, 0) is 10.8 Å². The van der Waals surface area contributed by atoms with E-state index in [9.17, 15) is 0 Å². The van der Waals surface area contributed by atoms with Crippen LogP contribution in [0.2, 0.25) is 0 Å². The van der Waals surface area contributed by atoms with Crippen molar-refractivity contribution in [2.75, 3.05) is 4.90 Å². The van der Waals surface area contributed by atoms with E-state index in [1.807, 2.05) is 0 Å². The lowest BCUT2D eigenvalue weighted by atomic mass is 9.65. The van der Waals surface area contributed by atoms with Gasteiger partial charge >= 0.3 is 0 Å². The topological polar surface area (TPSA) is 16.4 Å². The van der Waals surface area contributed by atoms with Crippen molar-refractivity contribution in [3.63, 3.8) is 0 Å². The molecule has 0 N–H and O–H groups in total. The normalized spacial score (nSPS) is 17.1. The Morgan fingerprint density at radius 2 is 1.18 bits per heavy atom. The molecular weight excluding hydrogens is 727 g/mol. The summed E-state index contributed by atoms with van der Waals surface area (Å²) in [6.07, 6.45) is 6.84. The number of rotatable bonds is 6. The smallest absolute Gasteiger partial charge is 0.159 e. The zero-order valence-electron chi connectivity index (χ0n) is 33.8. The van der Waals surface area contributed by atoms with Crippen LogP contribution in [0.5, 0.6) is 0 Å². The Kier molecular flexibility index (Phi) is 7.65. The van der Waals surface area contributed by atoms with E-state index in [1.165, 1.54) is 66.8 Å². The SMILES string of the molecule is CC1(C)c2ccccc2-c2c(N(c3ccc(-c4ccccc4)cc3)c3c(C4(c5ccccc5)C5=C(CCC=C5)c5ccccc54)ccc4c3oc3ccccc34)cccc21. The molecule has 286 valence electrons. The molecule has 0 radical (unpaired) electrons. The van der Waals surface area contributed by atoms with Gasteiger partial charge in [-0.15, -0.1) is 0 Å². The number of hydrogen-bond donors (Lipinski definition) is 0. The van der Waals surface area contributed by atoms with E-state index in [4.69, 9.17) is 4.42 Å². The first-order chi connectivity index (χ1) is 29.5. The predicted octanol–water partition coefficient (Wildman–Crippen LogP) is 15.5. The summed E-state index contributed by atoms with van der Waals surface area (Å²) in [5, 5.41) is 2.22. The number of furan rings is 1. The van der Waals surface area contributed by atoms with Gasteiger partial charge in [-0.1, -0.05) is 190 Å². The van der Waals surface area contributed by atoms with Crippen LogP contribution >= 0.6 is 0 Å². The van der Waals surface area contributed by atoms with Crippen molar-refractivity contribution in [2.45, 2.75) is 37.5 Å². The molecule has 2 nitrogen and oxygen atoms in total. The number of hydrogen-bond acceptors (Lipinski definition) is 2. The first-order valence-electron chi connectivity index (χ1n) is 21.2. The Morgan fingerprint density at radius 3 is 2.00 bits per heavy atom. The van der Waals surface area contributed by atoms with Gasteiger partial charge in [0.05, 0.1) is 16.8 Å². The van der Waals surface area contributed by atoms with Crippen LogP contribution in [0.3, 0.4) is 0 Å². The van der Waals surface area contributed by atoms with Crippen LogP contribution in [0, 0.1) is 0 Å². The molecule has 0 fully saturated rings. The van der Waals surface area contributed by atoms with Gasteiger partial charge in [0.2, 0.25) is 0 Å². The molecule has 1 aromatic heterocycles. The van der Waals surface area contributed by atoms with Gasteiger partial charge in [0.1, 0.15) is 5.58 Å². The van der Waals surface area contributed by atoms with E-state index in [1.54, 1.807) is 0 Å². The number of fused-ring (bicyclic) bond motifs is 8. The van der Waals surface area contributed by atoms with Gasteiger partial charge in [-0.25, -0.2) is 0 Å². The summed E-state index contributed by atoms with van der Waals surface area (Å²) in [6, 6.07) is 69.4. The molecule has 0 aliphatic heterocycles. The summed E-state index contributed by atoms with van der Waals surface area (Å²) in [6.45, 7) is 4.74. The van der Waals surface area contributed by atoms with Crippen molar-refractivity contribution in [3.05, 3.63) is 239 Å². The summed E-state index contributed by atoms with van der Waals surface area (Å²) < 4.78 is 7.26. The summed E-state index contributed by atoms with van der Waals surface area (Å²) in [4.78, 5) is 2.55. The fourth-order valence-electron chi connectivity index (χ4n) is 11.0. The van der Waals surface area contributed by atoms with E-state index < -0.39 is 5.41 Å². The van der Waals surface area contributed by atoms with Crippen molar-refractivity contribution in [1.29, 1.82) is 0 Å². The predicted molar refractivity (Wildman–Crippen MR) is 249 cm³/mol. The molecule has 2 heteroatoms. The lowest BCUT2D eigenvalue weighted by molar-refractivity contribution is 0.660. The van der Waals surface area contributed by atoms with Crippen molar-refractivity contribution in [1.82, 2.24) is 0 Å². The number of benzene rings is 8. The number of anilines is 3. The van der Waals surface area contributed by atoms with Crippen molar-refractivity contribution in [3.8, 4) is 22.3 Å². The Labute approximate surface area is 351 Å². The van der Waals surface area contributed by atoms with Gasteiger partial charge in [-0.2, -0.15) is 0 Å². The second-order valence-electron chi connectivity index (χ2n) is 17.1. The lowest BCUT2D eigenvalue weighted by Gasteiger charge is -2.39. The molecule has 60 heavy (non-hydrogen) atoms. The first-order valence-corrected chi connectivity index (χ1v) is 21.2. The molecule has 1 atom stereocenters. The van der Waals surface area contributed by atoms with Gasteiger partial charge in [-0.05, 0) is 98.3 Å². The highest BCUT2D eigenvalue weighted by atomic mass is 16.3. The summed E-state index contributed by atoms with van der Waals surface area (Å²) >= 11 is 0. The average Bonchev–Trinajstić information content (AvgIpc) is 3.92. The molecule has 0 amide bonds. The number of para-hydroxylation sites is 1. The molecule has 9 aromatic rings. The second-order valence-corrected chi connectivity index (χ2v) is 17.1. The lowest BCUT2D eigenvalue weighted by Crippen LogP contribution is -2.32. The highest BCUT2D eigenvalue weighted by Crippen LogP contribution is 2.62. The van der Waals surface area contributed by atoms with Crippen LogP contribution in [0.15, 0.2) is 210 Å². The van der Waals surface area contributed by atoms with E-state index in [-0.39, 0.29) is 5.41 Å². The largest absolute Gasteiger partial charge is 0.454 e. The highest BCUT2D eigenvalue weighted by Gasteiger charge is 2.50. The molecule has 1 unspecified atom stereocenters. The Balaban J connectivity index is 1.26. The maximum Gasteiger partial charge on any atom is 0.159 e. The monoisotopic (exact) mass is 769 g/mol. The van der Waals surface area contributed by atoms with E-state index in [0.29, 0.717) is 0 Å². The first kappa shape index (κ1) is 34.8. The number of nitrogens with zero attached hydrogens (tertiary/aromatic N) is 1. The minimum Gasteiger partial charge on any atom is -0.454 e. The molecule has 8 aromatic carbocycles. The molecular formula is C58H43NO. The Bertz CT molecular complexity index is 3220. The van der Waals surface area contributed by atoms with Crippen molar-refractivity contribution >= 4 is 44.6 Å². The Morgan fingerprint density at radius 1 is 0.517 bits per heavy atom. The van der Waals surface area contributed by atoms with Gasteiger partial charge in [0.25, 0.3) is 0 Å². The quantitative estimate of drug-likeness (QED) is 0.167. The average molecular weight is 770 g/mol. The zero-order valence-corrected chi connectivity index (χ0v) is 33.8. The molecule has 12 rings (SSSR count). The molecule has 0 bridgehead atoms. The van der Waals surface area contributed by atoms with E-state index >= 15 is 0 Å². The summed E-state index contributed by atoms with van der Waals surface area (Å²) in [5.74, 6) is 0. The van der Waals surface area contributed by atoms with Gasteiger partial charge in [0, 0.05) is 27.4 Å². The molecule has 0 spiro atoms. The van der Waals surface area contributed by atoms with Gasteiger partial charge in [-0.3, -0.25) is 0 Å². The maximum absolute atomic E-state index is 7.26. The fourth-order valence-corrected chi connectivity index (χ4v) is 11.0. The standard InChI is InChI=1S/C58H43NO/c1-57(2)47-26-13-11-25-46(47)54-50(57)29-17-30-52(54)59(41-34-32-39(33-35-41)38-18-5-3-6-19-38)55-51(37-36-45-44-24-12-16-31-53(44)60-56(45)55)58(40-20-7-4-8-21-40)48-27-14-9-22-42(48)43-23-10-15-28-49(43)58/h3-9,11-22,24-37H,10,23H2,1-2H3. The minimum atomic E-state index is -0.635. The summed E-state index contributed by atoms with van der Waals surface area (Å²) in [5.41, 5.74) is 19.7. The molecule has 3 aliphatic carbocycles. The maximum atomic E-state index is 7.26. The third-order valence-corrected chi connectivity index (χ3v) is 13.6. The third-order valence-electron chi connectivity index (χ3n) is 13.6. The second kappa shape index (κ2) is 13.2. The van der Waals surface area contributed by atoms with Crippen LogP contribution < -0.4 is 4.90 Å². The van der Waals surface area contributed by atoms with Gasteiger partial charge < -0.3 is 9.32 Å². The van der Waals surface area contributed by atoms with Crippen molar-refractivity contribution in [2.24, 2.45) is 0 Å². The molecule has 3 aliphatic rings. The van der Waals surface area contributed by atoms with E-state index in [0.717, 1.165) is 51.8 Å². The molecule has 0 saturated carbocycles. The molecule has 0 saturated heterocycles. The Hall–Kier alpha value is -7.16. The fraction of sp³-hybridized carbons (Fsp3) is 0.103. The zero-order chi connectivity index (χ0) is 40.0. The molecule has 1 heterocycles. The van der Waals surface area contributed by atoms with Crippen LogP contribution in [0.25, 0.3) is 49.8 Å². The van der Waals surface area contributed by atoms with Crippen molar-refractivity contribution < 1.29 is 4.42 Å². The van der Waals surface area contributed by atoms with Crippen LogP contribution in [0.1, 0.15) is 60.1 Å². The summed E-state index contributed by atoms with van der Waals surface area (Å²) in [7, 11) is 0. The minimum absolute atomic E-state index is 0.179. The van der Waals surface area contributed by atoms with Gasteiger partial charge in [0.15, 0.2) is 5.58 Å². The van der Waals surface area contributed by atoms with Crippen LogP contribution in [-0.4, -0.2) is 0 Å². The number of allylic oxidation sites excluding steroid dienone is 4. The highest BCUT2D eigenvalue weighted by molar-refractivity contribution is 6.13. The third kappa shape index (κ3) is 4.82. The van der Waals surface area contributed by atoms with E-state index in [2.05, 4.69) is 219 Å². The van der Waals surface area contributed by atoms with Crippen LogP contribution in [0.4, 0.5) is 17.1 Å².